The number of benzene rings is 1. The van der Waals surface area contributed by atoms with E-state index in [9.17, 15) is 4.79 Å². The first-order chi connectivity index (χ1) is 9.31. The van der Waals surface area contributed by atoms with Gasteiger partial charge < -0.3 is 10.1 Å². The Hall–Kier alpha value is -2.21. The van der Waals surface area contributed by atoms with Crippen LogP contribution in [0.15, 0.2) is 36.7 Å². The highest BCUT2D eigenvalue weighted by Crippen LogP contribution is 2.15. The lowest BCUT2D eigenvalue weighted by molar-refractivity contribution is -0.131. The number of aromatic amines is 1. The van der Waals surface area contributed by atoms with Crippen LogP contribution in [0.2, 0.25) is 0 Å². The molecule has 0 aliphatic rings. The maximum absolute atomic E-state index is 12.0. The molecule has 19 heavy (non-hydrogen) atoms. The summed E-state index contributed by atoms with van der Waals surface area (Å²) in [5, 5.41) is 9.31. The van der Waals surface area contributed by atoms with Crippen molar-refractivity contribution in [1.29, 1.82) is 0 Å². The van der Waals surface area contributed by atoms with Crippen LogP contribution in [0.4, 0.5) is 0 Å². The Kier molecular flexibility index (Phi) is 4.63. The molecule has 1 heterocycles. The fourth-order valence-corrected chi connectivity index (χ4v) is 1.77. The van der Waals surface area contributed by atoms with Gasteiger partial charge >= 0.3 is 0 Å². The molecule has 0 aliphatic heterocycles. The number of nitrogens with zero attached hydrogens (tertiary/aromatic N) is 2. The second-order valence-electron chi connectivity index (χ2n) is 4.00. The summed E-state index contributed by atoms with van der Waals surface area (Å²) >= 11 is 0. The van der Waals surface area contributed by atoms with Crippen LogP contribution in [0.3, 0.4) is 0 Å². The number of carbonyl (C=O) groups excluding carboxylic acids is 1. The van der Waals surface area contributed by atoms with Crippen molar-refractivity contribution in [3.8, 4) is 0 Å². The Balaban J connectivity index is 1.87. The third-order valence-electron chi connectivity index (χ3n) is 2.70. The average Bonchev–Trinajstić information content (AvgIpc) is 2.94. The van der Waals surface area contributed by atoms with E-state index in [-0.39, 0.29) is 5.91 Å². The number of nitrogens with one attached hydrogen (secondary N) is 2. The summed E-state index contributed by atoms with van der Waals surface area (Å²) in [5.41, 5.74) is 0.835. The van der Waals surface area contributed by atoms with Crippen molar-refractivity contribution in [3.63, 3.8) is 0 Å². The van der Waals surface area contributed by atoms with E-state index in [2.05, 4.69) is 20.5 Å². The summed E-state index contributed by atoms with van der Waals surface area (Å²) in [5.74, 6) is 0.585. The predicted octanol–water partition coefficient (Wildman–Crippen LogP) is 0.851. The first-order valence-electron chi connectivity index (χ1n) is 6.01. The summed E-state index contributed by atoms with van der Waals surface area (Å²) in [6.45, 7) is 0.487. The van der Waals surface area contributed by atoms with Crippen LogP contribution in [0.25, 0.3) is 0 Å². The molecule has 1 aromatic heterocycles. The molecule has 0 saturated carbocycles. The number of methoxy groups -OCH3 is 1. The van der Waals surface area contributed by atoms with Crippen LogP contribution in [0, 0.1) is 0 Å². The number of H-pyrrole nitrogens is 1. The number of amides is 1. The molecule has 1 aromatic carbocycles. The van der Waals surface area contributed by atoms with Gasteiger partial charge in [-0.05, 0) is 5.56 Å². The fraction of sp³-hybridized carbons (Fsp3) is 0.308. The SMILES string of the molecule is COC(C(=O)NCCc1ncn[nH]1)c1ccccc1. The summed E-state index contributed by atoms with van der Waals surface area (Å²) in [7, 11) is 1.52. The van der Waals surface area contributed by atoms with Gasteiger partial charge in [-0.25, -0.2) is 4.98 Å². The van der Waals surface area contributed by atoms with E-state index in [0.717, 1.165) is 11.4 Å². The van der Waals surface area contributed by atoms with Crippen molar-refractivity contribution < 1.29 is 9.53 Å². The first kappa shape index (κ1) is 13.2. The molecule has 2 N–H and O–H groups in total. The number of carbonyl (C=O) groups is 1. The van der Waals surface area contributed by atoms with Gasteiger partial charge in [0, 0.05) is 20.1 Å². The molecule has 0 radical (unpaired) electrons. The molecule has 1 amide bonds. The van der Waals surface area contributed by atoms with Gasteiger partial charge in [0.25, 0.3) is 5.91 Å². The Morgan fingerprint density at radius 2 is 2.21 bits per heavy atom. The van der Waals surface area contributed by atoms with Crippen molar-refractivity contribution in [2.75, 3.05) is 13.7 Å². The molecular weight excluding hydrogens is 244 g/mol. The third kappa shape index (κ3) is 3.62. The zero-order valence-electron chi connectivity index (χ0n) is 10.7. The smallest absolute Gasteiger partial charge is 0.253 e. The Labute approximate surface area is 111 Å². The highest BCUT2D eigenvalue weighted by atomic mass is 16.5. The standard InChI is InChI=1S/C13H16N4O2/c1-19-12(10-5-3-2-4-6-10)13(18)14-8-7-11-15-9-16-17-11/h2-6,9,12H,7-8H2,1H3,(H,14,18)(H,15,16,17). The Bertz CT molecular complexity index is 499. The second kappa shape index (κ2) is 6.65. The predicted molar refractivity (Wildman–Crippen MR) is 69.3 cm³/mol. The fourth-order valence-electron chi connectivity index (χ4n) is 1.77. The number of hydrogen-bond donors (Lipinski definition) is 2. The molecule has 100 valence electrons. The van der Waals surface area contributed by atoms with Crippen molar-refractivity contribution in [3.05, 3.63) is 48.0 Å². The zero-order chi connectivity index (χ0) is 13.5. The molecule has 0 aliphatic carbocycles. The van der Waals surface area contributed by atoms with Crippen LogP contribution in [0.5, 0.6) is 0 Å². The zero-order valence-corrected chi connectivity index (χ0v) is 10.7. The third-order valence-corrected chi connectivity index (χ3v) is 2.70. The van der Waals surface area contributed by atoms with E-state index in [1.54, 1.807) is 0 Å². The van der Waals surface area contributed by atoms with Crippen molar-refractivity contribution >= 4 is 5.91 Å². The number of rotatable bonds is 6. The van der Waals surface area contributed by atoms with Crippen LogP contribution >= 0.6 is 0 Å². The van der Waals surface area contributed by atoms with Crippen molar-refractivity contribution in [2.24, 2.45) is 0 Å². The van der Waals surface area contributed by atoms with Crippen LogP contribution in [-0.4, -0.2) is 34.7 Å². The quantitative estimate of drug-likeness (QED) is 0.807. The van der Waals surface area contributed by atoms with Crippen molar-refractivity contribution in [2.45, 2.75) is 12.5 Å². The lowest BCUT2D eigenvalue weighted by atomic mass is 10.1. The minimum atomic E-state index is -0.587. The molecule has 1 atom stereocenters. The monoisotopic (exact) mass is 260 g/mol. The number of hydrogen-bond acceptors (Lipinski definition) is 4. The van der Waals surface area contributed by atoms with Gasteiger partial charge in [-0.3, -0.25) is 9.89 Å². The van der Waals surface area contributed by atoms with Gasteiger partial charge in [0.15, 0.2) is 6.10 Å². The average molecular weight is 260 g/mol. The molecule has 1 unspecified atom stereocenters. The molecular formula is C13H16N4O2. The number of ether oxygens (including phenoxy) is 1. The van der Waals surface area contributed by atoms with Crippen LogP contribution in [0.1, 0.15) is 17.5 Å². The molecule has 2 rings (SSSR count). The maximum Gasteiger partial charge on any atom is 0.253 e. The minimum absolute atomic E-state index is 0.159. The Morgan fingerprint density at radius 3 is 2.84 bits per heavy atom. The normalized spacial score (nSPS) is 12.1. The van der Waals surface area contributed by atoms with Crippen molar-refractivity contribution in [1.82, 2.24) is 20.5 Å². The highest BCUT2D eigenvalue weighted by Gasteiger charge is 2.19. The number of aromatic nitrogens is 3. The highest BCUT2D eigenvalue weighted by molar-refractivity contribution is 5.82. The summed E-state index contributed by atoms with van der Waals surface area (Å²) in [6.07, 6.45) is 1.46. The minimum Gasteiger partial charge on any atom is -0.367 e. The Morgan fingerprint density at radius 1 is 1.42 bits per heavy atom. The van der Waals surface area contributed by atoms with E-state index in [0.29, 0.717) is 13.0 Å². The van der Waals surface area contributed by atoms with E-state index < -0.39 is 6.10 Å². The second-order valence-corrected chi connectivity index (χ2v) is 4.00. The molecule has 0 spiro atoms. The lowest BCUT2D eigenvalue weighted by Crippen LogP contribution is -2.32. The van der Waals surface area contributed by atoms with Gasteiger partial charge in [-0.1, -0.05) is 30.3 Å². The molecule has 0 fully saturated rings. The van der Waals surface area contributed by atoms with E-state index in [1.165, 1.54) is 13.4 Å². The molecule has 6 heteroatoms. The van der Waals surface area contributed by atoms with E-state index >= 15 is 0 Å². The molecule has 0 saturated heterocycles. The van der Waals surface area contributed by atoms with Gasteiger partial charge in [0.1, 0.15) is 12.2 Å². The summed E-state index contributed by atoms with van der Waals surface area (Å²) in [4.78, 5) is 16.0. The lowest BCUT2D eigenvalue weighted by Gasteiger charge is -2.15. The first-order valence-corrected chi connectivity index (χ1v) is 6.01. The molecule has 2 aromatic rings. The van der Waals surface area contributed by atoms with Crippen LogP contribution < -0.4 is 5.32 Å². The van der Waals surface area contributed by atoms with Gasteiger partial charge in [-0.15, -0.1) is 0 Å². The van der Waals surface area contributed by atoms with Crippen LogP contribution in [-0.2, 0) is 16.0 Å². The topological polar surface area (TPSA) is 79.9 Å². The summed E-state index contributed by atoms with van der Waals surface area (Å²) < 4.78 is 5.24. The van der Waals surface area contributed by atoms with Gasteiger partial charge in [0.2, 0.25) is 0 Å². The molecule has 0 bridgehead atoms. The van der Waals surface area contributed by atoms with Gasteiger partial charge in [0.05, 0.1) is 0 Å². The molecule has 6 nitrogen and oxygen atoms in total. The van der Waals surface area contributed by atoms with Gasteiger partial charge in [-0.2, -0.15) is 5.10 Å². The van der Waals surface area contributed by atoms with E-state index in [1.807, 2.05) is 30.3 Å². The largest absolute Gasteiger partial charge is 0.367 e. The maximum atomic E-state index is 12.0. The van der Waals surface area contributed by atoms with E-state index in [4.69, 9.17) is 4.74 Å². The summed E-state index contributed by atoms with van der Waals surface area (Å²) in [6, 6.07) is 9.39.